The van der Waals surface area contributed by atoms with Crippen molar-refractivity contribution in [2.45, 2.75) is 25.8 Å². The van der Waals surface area contributed by atoms with Gasteiger partial charge in [0.2, 0.25) is 0 Å². The maximum Gasteiger partial charge on any atom is 0.352 e. The molecular formula is C12H15NO3S. The van der Waals surface area contributed by atoms with Crippen molar-refractivity contribution in [2.24, 2.45) is 0 Å². The summed E-state index contributed by atoms with van der Waals surface area (Å²) in [5.41, 5.74) is 0.715. The zero-order valence-corrected chi connectivity index (χ0v) is 10.5. The summed E-state index contributed by atoms with van der Waals surface area (Å²) in [4.78, 5) is 22.5. The maximum atomic E-state index is 11.3. The molecule has 0 atom stereocenters. The largest absolute Gasteiger partial charge is 0.477 e. The van der Waals surface area contributed by atoms with Gasteiger partial charge in [-0.15, -0.1) is 0 Å². The van der Waals surface area contributed by atoms with Crippen molar-refractivity contribution in [1.29, 1.82) is 0 Å². The molecule has 1 saturated heterocycles. The van der Waals surface area contributed by atoms with E-state index in [1.54, 1.807) is 10.8 Å². The third-order valence-electron chi connectivity index (χ3n) is 3.06. The smallest absolute Gasteiger partial charge is 0.352 e. The Morgan fingerprint density at radius 2 is 2.06 bits per heavy atom. The van der Waals surface area contributed by atoms with Crippen LogP contribution in [-0.4, -0.2) is 32.9 Å². The predicted octanol–water partition coefficient (Wildman–Crippen LogP) is 2.46. The first-order valence-electron chi connectivity index (χ1n) is 5.63. The topological polar surface area (TPSA) is 59.3 Å². The van der Waals surface area contributed by atoms with Crippen LogP contribution in [0, 0.1) is 0 Å². The van der Waals surface area contributed by atoms with Crippen LogP contribution in [0.25, 0.3) is 0 Å². The third-order valence-corrected chi connectivity index (χ3v) is 4.11. The van der Waals surface area contributed by atoms with Crippen LogP contribution in [0.1, 0.15) is 46.7 Å². The Bertz CT molecular complexity index is 447. The number of carboxylic acids is 1. The number of aromatic nitrogens is 1. The molecule has 0 aliphatic carbocycles. The minimum Gasteiger partial charge on any atom is -0.477 e. The van der Waals surface area contributed by atoms with Gasteiger partial charge < -0.3 is 9.67 Å². The summed E-state index contributed by atoms with van der Waals surface area (Å²) in [6, 6.07) is 1.70. The van der Waals surface area contributed by atoms with Crippen LogP contribution in [0.4, 0.5) is 0 Å². The van der Waals surface area contributed by atoms with Crippen LogP contribution in [0.15, 0.2) is 12.3 Å². The fourth-order valence-electron chi connectivity index (χ4n) is 2.11. The van der Waals surface area contributed by atoms with Gasteiger partial charge in [-0.05, 0) is 37.3 Å². The lowest BCUT2D eigenvalue weighted by Crippen LogP contribution is -2.18. The first kappa shape index (κ1) is 12.2. The predicted molar refractivity (Wildman–Crippen MR) is 67.0 cm³/mol. The Balaban J connectivity index is 2.36. The molecule has 2 heterocycles. The second kappa shape index (κ2) is 4.96. The number of aromatic carboxylic acids is 1. The molecule has 0 bridgehead atoms. The highest BCUT2D eigenvalue weighted by molar-refractivity contribution is 7.99. The maximum absolute atomic E-state index is 11.3. The van der Waals surface area contributed by atoms with Gasteiger partial charge in [0.25, 0.3) is 0 Å². The minimum absolute atomic E-state index is 0.0866. The van der Waals surface area contributed by atoms with E-state index in [0.29, 0.717) is 5.56 Å². The number of hydrogen-bond donors (Lipinski definition) is 1. The number of Topliss-reactive ketones (excluding diaryl/α,β-unsaturated/α-hetero) is 1. The Labute approximate surface area is 104 Å². The van der Waals surface area contributed by atoms with Gasteiger partial charge in [0, 0.05) is 17.8 Å². The first-order valence-corrected chi connectivity index (χ1v) is 6.79. The molecule has 1 aliphatic rings. The van der Waals surface area contributed by atoms with Gasteiger partial charge in [0.1, 0.15) is 5.69 Å². The van der Waals surface area contributed by atoms with Crippen molar-refractivity contribution in [3.63, 3.8) is 0 Å². The molecule has 0 aromatic carbocycles. The molecule has 1 aliphatic heterocycles. The third kappa shape index (κ3) is 2.54. The Hall–Kier alpha value is -1.23. The summed E-state index contributed by atoms with van der Waals surface area (Å²) < 4.78 is 1.76. The molecule has 5 heteroatoms. The van der Waals surface area contributed by atoms with Crippen LogP contribution >= 0.6 is 11.8 Å². The molecule has 2 rings (SSSR count). The van der Waals surface area contributed by atoms with E-state index < -0.39 is 5.97 Å². The summed E-state index contributed by atoms with van der Waals surface area (Å²) >= 11 is 1.89. The Morgan fingerprint density at radius 3 is 2.59 bits per heavy atom. The highest BCUT2D eigenvalue weighted by atomic mass is 32.2. The summed E-state index contributed by atoms with van der Waals surface area (Å²) in [5.74, 6) is 1.06. The molecule has 17 heavy (non-hydrogen) atoms. The van der Waals surface area contributed by atoms with E-state index in [4.69, 9.17) is 5.11 Å². The highest BCUT2D eigenvalue weighted by Crippen LogP contribution is 2.29. The molecule has 4 nitrogen and oxygen atoms in total. The van der Waals surface area contributed by atoms with Crippen molar-refractivity contribution < 1.29 is 14.7 Å². The van der Waals surface area contributed by atoms with Crippen LogP contribution in [-0.2, 0) is 0 Å². The minimum atomic E-state index is -0.962. The molecule has 1 aromatic rings. The molecular weight excluding hydrogens is 238 g/mol. The molecule has 1 aromatic heterocycles. The quantitative estimate of drug-likeness (QED) is 0.841. The number of rotatable bonds is 3. The van der Waals surface area contributed by atoms with Crippen LogP contribution < -0.4 is 0 Å². The fraction of sp³-hybridized carbons (Fsp3) is 0.500. The number of carboxylic acid groups (broad SMARTS) is 1. The van der Waals surface area contributed by atoms with Gasteiger partial charge in [0.05, 0.1) is 0 Å². The highest BCUT2D eigenvalue weighted by Gasteiger charge is 2.22. The van der Waals surface area contributed by atoms with Crippen LogP contribution in [0.3, 0.4) is 0 Å². The van der Waals surface area contributed by atoms with Gasteiger partial charge in [-0.1, -0.05) is 0 Å². The van der Waals surface area contributed by atoms with Gasteiger partial charge in [-0.25, -0.2) is 4.79 Å². The van der Waals surface area contributed by atoms with Crippen molar-refractivity contribution in [2.75, 3.05) is 11.5 Å². The van der Waals surface area contributed by atoms with Gasteiger partial charge in [-0.2, -0.15) is 11.8 Å². The second-order valence-corrected chi connectivity index (χ2v) is 5.45. The van der Waals surface area contributed by atoms with E-state index in [1.807, 2.05) is 11.8 Å². The van der Waals surface area contributed by atoms with E-state index in [-0.39, 0.29) is 17.5 Å². The van der Waals surface area contributed by atoms with Crippen LogP contribution in [0.2, 0.25) is 0 Å². The number of carbonyl (C=O) groups excluding carboxylic acids is 1. The zero-order chi connectivity index (χ0) is 12.4. The number of ketones is 1. The standard InChI is InChI=1S/C12H15NO3S/c1-8(14)9-6-11(12(15)16)13(7-9)10-2-4-17-5-3-10/h6-7,10H,2-5H2,1H3,(H,15,16). The molecule has 0 saturated carbocycles. The second-order valence-electron chi connectivity index (χ2n) is 4.23. The molecule has 92 valence electrons. The lowest BCUT2D eigenvalue weighted by molar-refractivity contribution is 0.0682. The number of hydrogen-bond acceptors (Lipinski definition) is 3. The lowest BCUT2D eigenvalue weighted by Gasteiger charge is -2.24. The van der Waals surface area contributed by atoms with E-state index in [9.17, 15) is 9.59 Å². The number of nitrogens with zero attached hydrogens (tertiary/aromatic N) is 1. The molecule has 0 spiro atoms. The van der Waals surface area contributed by atoms with Gasteiger partial charge in [0.15, 0.2) is 5.78 Å². The average molecular weight is 253 g/mol. The van der Waals surface area contributed by atoms with E-state index in [1.165, 1.54) is 13.0 Å². The Morgan fingerprint density at radius 1 is 1.41 bits per heavy atom. The average Bonchev–Trinajstić information content (AvgIpc) is 2.75. The van der Waals surface area contributed by atoms with Crippen molar-refractivity contribution >= 4 is 23.5 Å². The van der Waals surface area contributed by atoms with Crippen molar-refractivity contribution in [3.05, 3.63) is 23.5 Å². The van der Waals surface area contributed by atoms with Crippen LogP contribution in [0.5, 0.6) is 0 Å². The van der Waals surface area contributed by atoms with Crippen molar-refractivity contribution in [1.82, 2.24) is 4.57 Å². The summed E-state index contributed by atoms with van der Waals surface area (Å²) in [6.07, 6.45) is 3.63. The molecule has 1 N–H and O–H groups in total. The zero-order valence-electron chi connectivity index (χ0n) is 9.68. The number of carbonyl (C=O) groups is 2. The summed E-state index contributed by atoms with van der Waals surface area (Å²) in [5, 5.41) is 9.15. The SMILES string of the molecule is CC(=O)c1cc(C(=O)O)n(C2CCSCC2)c1. The van der Waals surface area contributed by atoms with Gasteiger partial charge >= 0.3 is 5.97 Å². The van der Waals surface area contributed by atoms with E-state index >= 15 is 0 Å². The molecule has 0 amide bonds. The summed E-state index contributed by atoms with van der Waals surface area (Å²) in [6.45, 7) is 1.46. The molecule has 1 fully saturated rings. The summed E-state index contributed by atoms with van der Waals surface area (Å²) in [7, 11) is 0. The number of thioether (sulfide) groups is 1. The van der Waals surface area contributed by atoms with Gasteiger partial charge in [-0.3, -0.25) is 4.79 Å². The Kier molecular flexibility index (Phi) is 3.57. The molecule has 0 unspecified atom stereocenters. The normalized spacial score (nSPS) is 17.0. The first-order chi connectivity index (χ1) is 8.09. The van der Waals surface area contributed by atoms with Crippen molar-refractivity contribution in [3.8, 4) is 0 Å². The van der Waals surface area contributed by atoms with E-state index in [2.05, 4.69) is 0 Å². The lowest BCUT2D eigenvalue weighted by atomic mass is 10.1. The fourth-order valence-corrected chi connectivity index (χ4v) is 3.19. The molecule has 0 radical (unpaired) electrons. The van der Waals surface area contributed by atoms with E-state index in [0.717, 1.165) is 24.3 Å². The monoisotopic (exact) mass is 253 g/mol.